The fraction of sp³-hybridized carbons (Fsp3) is 0.0909. The van der Waals surface area contributed by atoms with Crippen molar-refractivity contribution < 1.29 is 19.8 Å². The molecule has 0 aliphatic carbocycles. The van der Waals surface area contributed by atoms with E-state index in [0.717, 1.165) is 14.9 Å². The lowest BCUT2D eigenvalue weighted by Gasteiger charge is -2.25. The number of hydrogen-bond donors (Lipinski definition) is 2. The van der Waals surface area contributed by atoms with E-state index >= 15 is 0 Å². The standard InChI is InChI=1S/C22H16BrNO4S/c1-12-10-11-29-21(12)18-17(19(26)13-6-8-14(23)9-7-13)20(27)22(28)24(18)15-4-2-3-5-16(15)25/h2-11,18,25-26H,1H3/b19-17-. The quantitative estimate of drug-likeness (QED) is 0.315. The number of phenols is 1. The molecule has 2 heterocycles. The lowest BCUT2D eigenvalue weighted by atomic mass is 9.98. The van der Waals surface area contributed by atoms with Crippen molar-refractivity contribution in [2.75, 3.05) is 4.90 Å². The van der Waals surface area contributed by atoms with Gasteiger partial charge in [-0.2, -0.15) is 0 Å². The van der Waals surface area contributed by atoms with Gasteiger partial charge in [0.2, 0.25) is 0 Å². The minimum Gasteiger partial charge on any atom is -0.507 e. The number of nitrogens with zero attached hydrogens (tertiary/aromatic N) is 1. The van der Waals surface area contributed by atoms with Crippen LogP contribution in [0.2, 0.25) is 0 Å². The van der Waals surface area contributed by atoms with Crippen LogP contribution in [-0.2, 0) is 9.59 Å². The summed E-state index contributed by atoms with van der Waals surface area (Å²) in [7, 11) is 0. The molecule has 0 bridgehead atoms. The predicted octanol–water partition coefficient (Wildman–Crippen LogP) is 5.15. The molecule has 3 aromatic rings. The molecule has 2 N–H and O–H groups in total. The minimum absolute atomic E-state index is 0.00567. The first kappa shape index (κ1) is 19.4. The van der Waals surface area contributed by atoms with Gasteiger partial charge in [-0.25, -0.2) is 0 Å². The van der Waals surface area contributed by atoms with Gasteiger partial charge < -0.3 is 10.2 Å². The zero-order valence-electron chi connectivity index (χ0n) is 15.3. The third-order valence-electron chi connectivity index (χ3n) is 4.85. The molecule has 29 heavy (non-hydrogen) atoms. The monoisotopic (exact) mass is 469 g/mol. The van der Waals surface area contributed by atoms with Crippen LogP contribution in [0, 0.1) is 6.92 Å². The Balaban J connectivity index is 1.97. The average molecular weight is 470 g/mol. The van der Waals surface area contributed by atoms with Crippen molar-refractivity contribution in [3.8, 4) is 5.75 Å². The van der Waals surface area contributed by atoms with Crippen molar-refractivity contribution in [1.29, 1.82) is 0 Å². The van der Waals surface area contributed by atoms with E-state index in [9.17, 15) is 19.8 Å². The van der Waals surface area contributed by atoms with Gasteiger partial charge >= 0.3 is 0 Å². The molecule has 1 fully saturated rings. The summed E-state index contributed by atoms with van der Waals surface area (Å²) in [6.07, 6.45) is 0. The first-order chi connectivity index (χ1) is 13.9. The molecule has 1 aliphatic rings. The van der Waals surface area contributed by atoms with Gasteiger partial charge in [0, 0.05) is 14.9 Å². The lowest BCUT2D eigenvalue weighted by Crippen LogP contribution is -2.29. The Morgan fingerprint density at radius 3 is 2.38 bits per heavy atom. The number of para-hydroxylation sites is 2. The molecule has 7 heteroatoms. The number of carbonyl (C=O) groups excluding carboxylic acids is 2. The molecule has 0 spiro atoms. The van der Waals surface area contributed by atoms with E-state index < -0.39 is 17.7 Å². The fourth-order valence-electron chi connectivity index (χ4n) is 3.42. The van der Waals surface area contributed by atoms with Crippen LogP contribution in [0.15, 0.2) is 70.0 Å². The van der Waals surface area contributed by atoms with E-state index in [4.69, 9.17) is 0 Å². The van der Waals surface area contributed by atoms with Crippen molar-refractivity contribution in [2.45, 2.75) is 13.0 Å². The second kappa shape index (κ2) is 7.50. The maximum absolute atomic E-state index is 13.0. The normalized spacial score (nSPS) is 18.4. The summed E-state index contributed by atoms with van der Waals surface area (Å²) in [6.45, 7) is 1.89. The van der Waals surface area contributed by atoms with E-state index in [-0.39, 0.29) is 22.8 Å². The van der Waals surface area contributed by atoms with Crippen LogP contribution >= 0.6 is 27.3 Å². The van der Waals surface area contributed by atoms with Gasteiger partial charge in [-0.3, -0.25) is 14.5 Å². The van der Waals surface area contributed by atoms with Gasteiger partial charge in [-0.15, -0.1) is 11.3 Å². The highest BCUT2D eigenvalue weighted by Crippen LogP contribution is 2.46. The second-order valence-corrected chi connectivity index (χ2v) is 8.50. The number of Topliss-reactive ketones (excluding diaryl/α,β-unsaturated/α-hetero) is 1. The molecule has 0 saturated carbocycles. The molecule has 1 saturated heterocycles. The van der Waals surface area contributed by atoms with E-state index in [2.05, 4.69) is 15.9 Å². The molecule has 2 aromatic carbocycles. The molecule has 1 unspecified atom stereocenters. The molecule has 4 rings (SSSR count). The highest BCUT2D eigenvalue weighted by atomic mass is 79.9. The molecular formula is C22H16BrNO4S. The second-order valence-electron chi connectivity index (χ2n) is 6.63. The summed E-state index contributed by atoms with van der Waals surface area (Å²) in [5, 5.41) is 23.2. The van der Waals surface area contributed by atoms with Gasteiger partial charge in [0.05, 0.1) is 11.3 Å². The molecule has 5 nitrogen and oxygen atoms in total. The number of aryl methyl sites for hydroxylation is 1. The van der Waals surface area contributed by atoms with Crippen LogP contribution in [0.4, 0.5) is 5.69 Å². The number of carbonyl (C=O) groups is 2. The van der Waals surface area contributed by atoms with Crippen molar-refractivity contribution in [2.24, 2.45) is 0 Å². The maximum Gasteiger partial charge on any atom is 0.300 e. The number of hydrogen-bond acceptors (Lipinski definition) is 5. The lowest BCUT2D eigenvalue weighted by molar-refractivity contribution is -0.132. The number of benzene rings is 2. The molecule has 1 aromatic heterocycles. The Morgan fingerprint density at radius 2 is 1.76 bits per heavy atom. The molecular weight excluding hydrogens is 454 g/mol. The van der Waals surface area contributed by atoms with E-state index in [0.29, 0.717) is 5.56 Å². The first-order valence-corrected chi connectivity index (χ1v) is 10.5. The van der Waals surface area contributed by atoms with Crippen LogP contribution < -0.4 is 4.90 Å². The highest BCUT2D eigenvalue weighted by Gasteiger charge is 2.48. The van der Waals surface area contributed by atoms with Crippen molar-refractivity contribution in [3.63, 3.8) is 0 Å². The number of phenolic OH excluding ortho intramolecular Hbond substituents is 1. The zero-order chi connectivity index (χ0) is 20.7. The number of anilines is 1. The van der Waals surface area contributed by atoms with E-state index in [1.165, 1.54) is 22.3 Å². The number of ketones is 1. The summed E-state index contributed by atoms with van der Waals surface area (Å²) >= 11 is 4.74. The third-order valence-corrected chi connectivity index (χ3v) is 6.45. The molecule has 146 valence electrons. The smallest absolute Gasteiger partial charge is 0.300 e. The molecule has 1 amide bonds. The molecule has 0 radical (unpaired) electrons. The number of halogens is 1. The van der Waals surface area contributed by atoms with Gasteiger partial charge in [0.1, 0.15) is 17.6 Å². The van der Waals surface area contributed by atoms with Crippen molar-refractivity contribution in [3.05, 3.63) is 86.0 Å². The van der Waals surface area contributed by atoms with E-state index in [1.807, 2.05) is 18.4 Å². The Labute approximate surface area is 179 Å². The first-order valence-electron chi connectivity index (χ1n) is 8.79. The van der Waals surface area contributed by atoms with E-state index in [1.54, 1.807) is 42.5 Å². The summed E-state index contributed by atoms with van der Waals surface area (Å²) in [5.74, 6) is -1.93. The number of aliphatic hydroxyl groups excluding tert-OH is 1. The van der Waals surface area contributed by atoms with Gasteiger partial charge in [-0.1, -0.05) is 40.2 Å². The van der Waals surface area contributed by atoms with Crippen LogP contribution in [0.25, 0.3) is 5.76 Å². The zero-order valence-corrected chi connectivity index (χ0v) is 17.7. The van der Waals surface area contributed by atoms with Gasteiger partial charge in [0.25, 0.3) is 11.7 Å². The number of aliphatic hydroxyl groups is 1. The Hall–Kier alpha value is -2.90. The summed E-state index contributed by atoms with van der Waals surface area (Å²) in [4.78, 5) is 28.0. The van der Waals surface area contributed by atoms with Gasteiger partial charge in [0.15, 0.2) is 0 Å². The Morgan fingerprint density at radius 1 is 1.07 bits per heavy atom. The Bertz CT molecular complexity index is 1150. The van der Waals surface area contributed by atoms with Crippen LogP contribution in [0.5, 0.6) is 5.75 Å². The topological polar surface area (TPSA) is 77.8 Å². The van der Waals surface area contributed by atoms with Gasteiger partial charge in [-0.05, 0) is 48.2 Å². The number of amides is 1. The predicted molar refractivity (Wildman–Crippen MR) is 116 cm³/mol. The van der Waals surface area contributed by atoms with Crippen LogP contribution in [-0.4, -0.2) is 21.9 Å². The third kappa shape index (κ3) is 3.26. The average Bonchev–Trinajstić information content (AvgIpc) is 3.23. The van der Waals surface area contributed by atoms with Crippen LogP contribution in [0.3, 0.4) is 0 Å². The molecule has 1 atom stereocenters. The SMILES string of the molecule is Cc1ccsc1C1/C(=C(/O)c2ccc(Br)cc2)C(=O)C(=O)N1c1ccccc1O. The maximum atomic E-state index is 13.0. The minimum atomic E-state index is -0.827. The largest absolute Gasteiger partial charge is 0.507 e. The number of rotatable bonds is 3. The Kier molecular flexibility index (Phi) is 5.02. The molecule has 1 aliphatic heterocycles. The van der Waals surface area contributed by atoms with Crippen molar-refractivity contribution >= 4 is 50.4 Å². The number of thiophene rings is 1. The van der Waals surface area contributed by atoms with Crippen LogP contribution in [0.1, 0.15) is 22.0 Å². The number of aromatic hydroxyl groups is 1. The summed E-state index contributed by atoms with van der Waals surface area (Å²) in [5.41, 5.74) is 1.56. The van der Waals surface area contributed by atoms with Crippen molar-refractivity contribution in [1.82, 2.24) is 0 Å². The fourth-order valence-corrected chi connectivity index (χ4v) is 4.71. The summed E-state index contributed by atoms with van der Waals surface area (Å²) in [6, 6.07) is 14.3. The summed E-state index contributed by atoms with van der Waals surface area (Å²) < 4.78 is 0.828. The highest BCUT2D eigenvalue weighted by molar-refractivity contribution is 9.10.